The van der Waals surface area contributed by atoms with Crippen molar-refractivity contribution in [2.24, 2.45) is 0 Å². The highest BCUT2D eigenvalue weighted by atomic mass is 35.5. The average Bonchev–Trinajstić information content (AvgIpc) is 2.29. The fourth-order valence-electron chi connectivity index (χ4n) is 1.34. The summed E-state index contributed by atoms with van der Waals surface area (Å²) >= 11 is 5.98. The summed E-state index contributed by atoms with van der Waals surface area (Å²) in [5.74, 6) is 0.957. The molecule has 2 N–H and O–H groups in total. The summed E-state index contributed by atoms with van der Waals surface area (Å²) in [5, 5.41) is 0.345. The summed E-state index contributed by atoms with van der Waals surface area (Å²) in [7, 11) is 1.62. The monoisotopic (exact) mass is 235 g/mol. The van der Waals surface area contributed by atoms with Crippen molar-refractivity contribution in [2.45, 2.75) is 0 Å². The van der Waals surface area contributed by atoms with E-state index in [1.807, 2.05) is 24.3 Å². The topological polar surface area (TPSA) is 61.0 Å². The van der Waals surface area contributed by atoms with Crippen molar-refractivity contribution in [1.82, 2.24) is 9.97 Å². The molecular weight excluding hydrogens is 226 g/mol. The summed E-state index contributed by atoms with van der Waals surface area (Å²) < 4.78 is 5.07. The van der Waals surface area contributed by atoms with Crippen LogP contribution in [0.2, 0.25) is 5.15 Å². The molecule has 0 saturated heterocycles. The van der Waals surface area contributed by atoms with Gasteiger partial charge in [0.2, 0.25) is 5.95 Å². The van der Waals surface area contributed by atoms with Crippen molar-refractivity contribution >= 4 is 17.5 Å². The number of methoxy groups -OCH3 is 1. The smallest absolute Gasteiger partial charge is 0.221 e. The van der Waals surface area contributed by atoms with Crippen LogP contribution in [0.3, 0.4) is 0 Å². The summed E-state index contributed by atoms with van der Waals surface area (Å²) in [6.07, 6.45) is 1.60. The van der Waals surface area contributed by atoms with E-state index in [9.17, 15) is 0 Å². The van der Waals surface area contributed by atoms with Gasteiger partial charge in [0.05, 0.1) is 7.11 Å². The molecule has 0 aliphatic carbocycles. The van der Waals surface area contributed by atoms with E-state index in [1.54, 1.807) is 13.3 Å². The van der Waals surface area contributed by atoms with Crippen LogP contribution in [0.1, 0.15) is 0 Å². The summed E-state index contributed by atoms with van der Waals surface area (Å²) in [4.78, 5) is 7.80. The molecule has 5 heteroatoms. The Bertz CT molecular complexity index is 499. The summed E-state index contributed by atoms with van der Waals surface area (Å²) in [6, 6.07) is 7.48. The zero-order valence-electron chi connectivity index (χ0n) is 8.64. The lowest BCUT2D eigenvalue weighted by atomic mass is 10.1. The lowest BCUT2D eigenvalue weighted by Crippen LogP contribution is -1.95. The third-order valence-corrected chi connectivity index (χ3v) is 2.45. The normalized spacial score (nSPS) is 10.1. The number of benzene rings is 1. The predicted molar refractivity (Wildman–Crippen MR) is 63.4 cm³/mol. The van der Waals surface area contributed by atoms with E-state index < -0.39 is 0 Å². The zero-order valence-corrected chi connectivity index (χ0v) is 9.40. The second kappa shape index (κ2) is 4.37. The summed E-state index contributed by atoms with van der Waals surface area (Å²) in [5.41, 5.74) is 7.10. The molecule has 2 rings (SSSR count). The van der Waals surface area contributed by atoms with Crippen molar-refractivity contribution in [3.63, 3.8) is 0 Å². The molecule has 0 radical (unpaired) electrons. The Hall–Kier alpha value is -1.81. The molecule has 0 saturated carbocycles. The molecule has 1 heterocycles. The number of halogens is 1. The first kappa shape index (κ1) is 10.7. The molecule has 0 bridgehead atoms. The van der Waals surface area contributed by atoms with Gasteiger partial charge in [-0.25, -0.2) is 9.97 Å². The number of aromatic nitrogens is 2. The molecule has 0 atom stereocenters. The molecule has 0 aliphatic rings. The van der Waals surface area contributed by atoms with Gasteiger partial charge in [0, 0.05) is 11.8 Å². The number of hydrogen-bond donors (Lipinski definition) is 1. The number of nitrogen functional groups attached to an aromatic ring is 1. The largest absolute Gasteiger partial charge is 0.497 e. The highest BCUT2D eigenvalue weighted by Crippen LogP contribution is 2.27. The number of ether oxygens (including phenoxy) is 1. The number of nitrogens with two attached hydrogens (primary N) is 1. The lowest BCUT2D eigenvalue weighted by molar-refractivity contribution is 0.415. The highest BCUT2D eigenvalue weighted by Gasteiger charge is 2.06. The van der Waals surface area contributed by atoms with Crippen LogP contribution in [0.15, 0.2) is 30.5 Å². The Balaban J connectivity index is 2.42. The van der Waals surface area contributed by atoms with Crippen molar-refractivity contribution in [3.05, 3.63) is 35.6 Å². The average molecular weight is 236 g/mol. The van der Waals surface area contributed by atoms with Crippen molar-refractivity contribution in [2.75, 3.05) is 12.8 Å². The number of anilines is 1. The van der Waals surface area contributed by atoms with E-state index in [4.69, 9.17) is 22.1 Å². The zero-order chi connectivity index (χ0) is 11.5. The van der Waals surface area contributed by atoms with E-state index in [2.05, 4.69) is 9.97 Å². The predicted octanol–water partition coefficient (Wildman–Crippen LogP) is 2.39. The Morgan fingerprint density at radius 1 is 1.25 bits per heavy atom. The molecule has 0 unspecified atom stereocenters. The van der Waals surface area contributed by atoms with Gasteiger partial charge >= 0.3 is 0 Å². The minimum absolute atomic E-state index is 0.169. The second-order valence-electron chi connectivity index (χ2n) is 3.16. The third-order valence-electron chi connectivity index (χ3n) is 2.16. The van der Waals surface area contributed by atoms with E-state index in [0.29, 0.717) is 5.15 Å². The van der Waals surface area contributed by atoms with Crippen LogP contribution in [-0.4, -0.2) is 17.1 Å². The molecule has 0 fully saturated rings. The Morgan fingerprint density at radius 2 is 1.94 bits per heavy atom. The van der Waals surface area contributed by atoms with Crippen LogP contribution in [0.5, 0.6) is 5.75 Å². The fraction of sp³-hybridized carbons (Fsp3) is 0.0909. The highest BCUT2D eigenvalue weighted by molar-refractivity contribution is 6.32. The van der Waals surface area contributed by atoms with Crippen LogP contribution in [0.4, 0.5) is 5.95 Å². The van der Waals surface area contributed by atoms with Crippen molar-refractivity contribution in [3.8, 4) is 16.9 Å². The molecule has 0 spiro atoms. The van der Waals surface area contributed by atoms with Gasteiger partial charge in [0.1, 0.15) is 10.9 Å². The van der Waals surface area contributed by atoms with E-state index in [0.717, 1.165) is 16.9 Å². The minimum Gasteiger partial charge on any atom is -0.497 e. The lowest BCUT2D eigenvalue weighted by Gasteiger charge is -2.05. The van der Waals surface area contributed by atoms with Gasteiger partial charge in [-0.15, -0.1) is 0 Å². The maximum Gasteiger partial charge on any atom is 0.221 e. The SMILES string of the molecule is COc1ccc(-c2cnc(N)nc2Cl)cc1. The first-order chi connectivity index (χ1) is 7.70. The number of rotatable bonds is 2. The van der Waals surface area contributed by atoms with Crippen LogP contribution < -0.4 is 10.5 Å². The molecule has 4 nitrogen and oxygen atoms in total. The van der Waals surface area contributed by atoms with Gasteiger partial charge in [-0.1, -0.05) is 23.7 Å². The van der Waals surface area contributed by atoms with E-state index >= 15 is 0 Å². The Morgan fingerprint density at radius 3 is 2.50 bits per heavy atom. The molecule has 1 aromatic heterocycles. The van der Waals surface area contributed by atoms with E-state index in [1.165, 1.54) is 0 Å². The van der Waals surface area contributed by atoms with Gasteiger partial charge in [-0.05, 0) is 17.7 Å². The van der Waals surface area contributed by atoms with Gasteiger partial charge in [-0.2, -0.15) is 0 Å². The number of hydrogen-bond acceptors (Lipinski definition) is 4. The maximum atomic E-state index is 5.98. The maximum absolute atomic E-state index is 5.98. The fourth-order valence-corrected chi connectivity index (χ4v) is 1.58. The van der Waals surface area contributed by atoms with Gasteiger partial charge in [0.15, 0.2) is 0 Å². The van der Waals surface area contributed by atoms with Crippen molar-refractivity contribution < 1.29 is 4.74 Å². The van der Waals surface area contributed by atoms with Gasteiger partial charge < -0.3 is 10.5 Å². The summed E-state index contributed by atoms with van der Waals surface area (Å²) in [6.45, 7) is 0. The van der Waals surface area contributed by atoms with Gasteiger partial charge in [0.25, 0.3) is 0 Å². The molecule has 0 aliphatic heterocycles. The van der Waals surface area contributed by atoms with Crippen molar-refractivity contribution in [1.29, 1.82) is 0 Å². The molecule has 1 aromatic carbocycles. The molecule has 82 valence electrons. The molecule has 16 heavy (non-hydrogen) atoms. The van der Waals surface area contributed by atoms with Gasteiger partial charge in [-0.3, -0.25) is 0 Å². The second-order valence-corrected chi connectivity index (χ2v) is 3.52. The van der Waals surface area contributed by atoms with Crippen LogP contribution in [-0.2, 0) is 0 Å². The number of nitrogens with zero attached hydrogens (tertiary/aromatic N) is 2. The first-order valence-electron chi connectivity index (χ1n) is 4.63. The van der Waals surface area contributed by atoms with Crippen LogP contribution in [0, 0.1) is 0 Å². The molecule has 0 amide bonds. The Kier molecular flexibility index (Phi) is 2.92. The van der Waals surface area contributed by atoms with Crippen LogP contribution in [0.25, 0.3) is 11.1 Å². The third kappa shape index (κ3) is 2.06. The first-order valence-corrected chi connectivity index (χ1v) is 5.01. The molecule has 2 aromatic rings. The standard InChI is InChI=1S/C11H10ClN3O/c1-16-8-4-2-7(3-5-8)9-6-14-11(13)15-10(9)12/h2-6H,1H3,(H2,13,14,15). The minimum atomic E-state index is 0.169. The Labute approximate surface area is 98.0 Å². The quantitative estimate of drug-likeness (QED) is 0.812. The molecular formula is C11H10ClN3O. The van der Waals surface area contributed by atoms with Crippen LogP contribution >= 0.6 is 11.6 Å². The van der Waals surface area contributed by atoms with E-state index in [-0.39, 0.29) is 5.95 Å².